The molecule has 1 atom stereocenters. The van der Waals surface area contributed by atoms with Crippen LogP contribution in [0.2, 0.25) is 5.02 Å². The van der Waals surface area contributed by atoms with Gasteiger partial charge in [0.2, 0.25) is 5.95 Å². The van der Waals surface area contributed by atoms with Gasteiger partial charge in [-0.2, -0.15) is 0 Å². The molecule has 2 aromatic rings. The Balaban J connectivity index is 2.03. The molecule has 0 saturated carbocycles. The molecule has 1 heterocycles. The highest BCUT2D eigenvalue weighted by atomic mass is 35.5. The lowest BCUT2D eigenvalue weighted by atomic mass is 10.1. The summed E-state index contributed by atoms with van der Waals surface area (Å²) < 4.78 is 0. The van der Waals surface area contributed by atoms with Crippen molar-refractivity contribution in [2.45, 2.75) is 25.9 Å². The van der Waals surface area contributed by atoms with Crippen molar-refractivity contribution in [1.82, 2.24) is 9.97 Å². The number of hydrogen-bond acceptors (Lipinski definition) is 4. The van der Waals surface area contributed by atoms with Crippen LogP contribution in [0.1, 0.15) is 18.1 Å². The first-order valence-corrected chi connectivity index (χ1v) is 6.94. The van der Waals surface area contributed by atoms with Crippen LogP contribution in [-0.2, 0) is 13.0 Å². The molecule has 20 heavy (non-hydrogen) atoms. The molecule has 2 N–H and O–H groups in total. The molecule has 5 heteroatoms. The second-order valence-corrected chi connectivity index (χ2v) is 5.50. The van der Waals surface area contributed by atoms with E-state index in [1.807, 2.05) is 55.5 Å². The van der Waals surface area contributed by atoms with Gasteiger partial charge in [0, 0.05) is 37.1 Å². The minimum Gasteiger partial charge on any atom is -0.340 e. The molecule has 0 radical (unpaired) electrons. The molecule has 1 aromatic heterocycles. The van der Waals surface area contributed by atoms with Crippen molar-refractivity contribution in [3.8, 4) is 0 Å². The molecule has 0 aliphatic rings. The largest absolute Gasteiger partial charge is 0.340 e. The first-order chi connectivity index (χ1) is 9.54. The van der Waals surface area contributed by atoms with Crippen molar-refractivity contribution < 1.29 is 0 Å². The van der Waals surface area contributed by atoms with Gasteiger partial charge >= 0.3 is 0 Å². The predicted molar refractivity (Wildman–Crippen MR) is 82.9 cm³/mol. The number of halogens is 1. The molecular weight excluding hydrogens is 272 g/mol. The Morgan fingerprint density at radius 3 is 2.55 bits per heavy atom. The van der Waals surface area contributed by atoms with Gasteiger partial charge in [-0.3, -0.25) is 0 Å². The molecule has 0 aliphatic carbocycles. The van der Waals surface area contributed by atoms with E-state index >= 15 is 0 Å². The summed E-state index contributed by atoms with van der Waals surface area (Å²) in [5, 5.41) is 0.740. The van der Waals surface area contributed by atoms with Crippen molar-refractivity contribution in [3.05, 3.63) is 52.8 Å². The number of nitrogens with two attached hydrogens (primary N) is 1. The van der Waals surface area contributed by atoms with Crippen LogP contribution < -0.4 is 10.6 Å². The average molecular weight is 291 g/mol. The first-order valence-electron chi connectivity index (χ1n) is 6.56. The van der Waals surface area contributed by atoms with E-state index in [0.29, 0.717) is 12.5 Å². The fraction of sp³-hybridized carbons (Fsp3) is 0.333. The topological polar surface area (TPSA) is 55.0 Å². The maximum Gasteiger partial charge on any atom is 0.225 e. The van der Waals surface area contributed by atoms with Gasteiger partial charge in [0.05, 0.1) is 0 Å². The summed E-state index contributed by atoms with van der Waals surface area (Å²) in [5.74, 6) is 0.693. The fourth-order valence-electron chi connectivity index (χ4n) is 2.00. The highest BCUT2D eigenvalue weighted by Crippen LogP contribution is 2.14. The third-order valence-corrected chi connectivity index (χ3v) is 3.13. The van der Waals surface area contributed by atoms with Crippen LogP contribution in [0.25, 0.3) is 0 Å². The zero-order chi connectivity index (χ0) is 14.5. The Labute approximate surface area is 124 Å². The zero-order valence-corrected chi connectivity index (χ0v) is 12.5. The normalized spacial score (nSPS) is 12.2. The Kier molecular flexibility index (Phi) is 4.93. The summed E-state index contributed by atoms with van der Waals surface area (Å²) in [5.41, 5.74) is 7.94. The van der Waals surface area contributed by atoms with Gasteiger partial charge in [-0.1, -0.05) is 23.7 Å². The molecule has 0 saturated heterocycles. The fourth-order valence-corrected chi connectivity index (χ4v) is 2.22. The lowest BCUT2D eigenvalue weighted by Crippen LogP contribution is -2.20. The number of aromatic nitrogens is 2. The van der Waals surface area contributed by atoms with Crippen LogP contribution in [0.15, 0.2) is 36.7 Å². The van der Waals surface area contributed by atoms with E-state index < -0.39 is 0 Å². The molecule has 0 amide bonds. The number of benzene rings is 1. The molecule has 4 nitrogen and oxygen atoms in total. The second kappa shape index (κ2) is 6.68. The van der Waals surface area contributed by atoms with E-state index in [9.17, 15) is 0 Å². The molecule has 0 bridgehead atoms. The third-order valence-electron chi connectivity index (χ3n) is 2.90. The summed E-state index contributed by atoms with van der Waals surface area (Å²) in [6.45, 7) is 2.69. The van der Waals surface area contributed by atoms with E-state index in [1.54, 1.807) is 0 Å². The van der Waals surface area contributed by atoms with E-state index in [2.05, 4.69) is 9.97 Å². The van der Waals surface area contributed by atoms with Crippen molar-refractivity contribution in [1.29, 1.82) is 0 Å². The summed E-state index contributed by atoms with van der Waals surface area (Å²) in [6.07, 6.45) is 4.46. The van der Waals surface area contributed by atoms with Crippen molar-refractivity contribution in [3.63, 3.8) is 0 Å². The second-order valence-electron chi connectivity index (χ2n) is 5.06. The van der Waals surface area contributed by atoms with Crippen molar-refractivity contribution >= 4 is 17.5 Å². The van der Waals surface area contributed by atoms with Crippen LogP contribution in [-0.4, -0.2) is 23.1 Å². The summed E-state index contributed by atoms with van der Waals surface area (Å²) in [4.78, 5) is 10.7. The van der Waals surface area contributed by atoms with Gasteiger partial charge in [-0.15, -0.1) is 0 Å². The highest BCUT2D eigenvalue weighted by Gasteiger charge is 2.06. The zero-order valence-electron chi connectivity index (χ0n) is 11.8. The Bertz CT molecular complexity index is 554. The van der Waals surface area contributed by atoms with Gasteiger partial charge in [-0.05, 0) is 36.6 Å². The number of anilines is 1. The molecule has 0 aliphatic heterocycles. The lowest BCUT2D eigenvalue weighted by Gasteiger charge is -2.17. The summed E-state index contributed by atoms with van der Waals surface area (Å²) in [6, 6.07) is 7.91. The maximum atomic E-state index is 5.98. The third kappa shape index (κ3) is 4.18. The van der Waals surface area contributed by atoms with Gasteiger partial charge in [0.15, 0.2) is 0 Å². The SMILES string of the molecule is CC(N)Cc1cnc(N(C)Cc2cccc(Cl)c2)nc1. The Hall–Kier alpha value is -1.65. The van der Waals surface area contributed by atoms with Crippen LogP contribution in [0, 0.1) is 0 Å². The van der Waals surface area contributed by atoms with Crippen LogP contribution in [0.3, 0.4) is 0 Å². The molecule has 1 aromatic carbocycles. The first kappa shape index (κ1) is 14.8. The number of rotatable bonds is 5. The Morgan fingerprint density at radius 1 is 1.25 bits per heavy atom. The molecule has 106 valence electrons. The van der Waals surface area contributed by atoms with Crippen molar-refractivity contribution in [2.75, 3.05) is 11.9 Å². The van der Waals surface area contributed by atoms with Crippen molar-refractivity contribution in [2.24, 2.45) is 5.73 Å². The van der Waals surface area contributed by atoms with Gasteiger partial charge in [0.25, 0.3) is 0 Å². The molecular formula is C15H19ClN4. The molecule has 1 unspecified atom stereocenters. The van der Waals surface area contributed by atoms with E-state index in [0.717, 1.165) is 22.6 Å². The quantitative estimate of drug-likeness (QED) is 0.920. The number of nitrogens with zero attached hydrogens (tertiary/aromatic N) is 3. The molecule has 0 spiro atoms. The van der Waals surface area contributed by atoms with Gasteiger partial charge < -0.3 is 10.6 Å². The van der Waals surface area contributed by atoms with Gasteiger partial charge in [0.1, 0.15) is 0 Å². The van der Waals surface area contributed by atoms with Crippen LogP contribution in [0.5, 0.6) is 0 Å². The minimum atomic E-state index is 0.119. The van der Waals surface area contributed by atoms with Gasteiger partial charge in [-0.25, -0.2) is 9.97 Å². The molecule has 2 rings (SSSR count). The van der Waals surface area contributed by atoms with E-state index in [1.165, 1.54) is 0 Å². The van der Waals surface area contributed by atoms with E-state index in [4.69, 9.17) is 17.3 Å². The maximum absolute atomic E-state index is 5.98. The van der Waals surface area contributed by atoms with Crippen LogP contribution >= 0.6 is 11.6 Å². The lowest BCUT2D eigenvalue weighted by molar-refractivity contribution is 0.730. The predicted octanol–water partition coefficient (Wildman–Crippen LogP) is 2.66. The summed E-state index contributed by atoms with van der Waals surface area (Å²) in [7, 11) is 1.96. The standard InChI is InChI=1S/C15H19ClN4/c1-11(17)6-13-8-18-15(19-9-13)20(2)10-12-4-3-5-14(16)7-12/h3-5,7-9,11H,6,10,17H2,1-2H3. The minimum absolute atomic E-state index is 0.119. The summed E-state index contributed by atoms with van der Waals surface area (Å²) >= 11 is 5.98. The van der Waals surface area contributed by atoms with Crippen LogP contribution in [0.4, 0.5) is 5.95 Å². The average Bonchev–Trinajstić information content (AvgIpc) is 2.38. The smallest absolute Gasteiger partial charge is 0.225 e. The monoisotopic (exact) mass is 290 g/mol. The molecule has 0 fully saturated rings. The van der Waals surface area contributed by atoms with E-state index in [-0.39, 0.29) is 6.04 Å². The highest BCUT2D eigenvalue weighted by molar-refractivity contribution is 6.30. The number of hydrogen-bond donors (Lipinski definition) is 1. The Morgan fingerprint density at radius 2 is 1.95 bits per heavy atom.